The van der Waals surface area contributed by atoms with Crippen LogP contribution in [0.15, 0.2) is 53.3 Å². The van der Waals surface area contributed by atoms with E-state index >= 15 is 0 Å². The molecule has 1 saturated heterocycles. The molecule has 1 aliphatic rings. The van der Waals surface area contributed by atoms with Crippen molar-refractivity contribution >= 4 is 0 Å². The van der Waals surface area contributed by atoms with Crippen LogP contribution in [0.5, 0.6) is 5.75 Å². The van der Waals surface area contributed by atoms with Gasteiger partial charge in [0.2, 0.25) is 0 Å². The van der Waals surface area contributed by atoms with Crippen LogP contribution in [-0.4, -0.2) is 47.3 Å². The van der Waals surface area contributed by atoms with E-state index in [9.17, 15) is 13.6 Å². The van der Waals surface area contributed by atoms with Crippen LogP contribution >= 0.6 is 0 Å². The SMILES string of the molecule is Cc1cc(=O)n(-c2ccc(CCN3CCOCC3)c(F)c2)c(COc2cccc(F)c2)n1. The summed E-state index contributed by atoms with van der Waals surface area (Å²) in [4.78, 5) is 19.4. The molecule has 4 rings (SSSR count). The fourth-order valence-corrected chi connectivity index (χ4v) is 3.72. The van der Waals surface area contributed by atoms with E-state index in [1.54, 1.807) is 25.1 Å². The van der Waals surface area contributed by atoms with Gasteiger partial charge < -0.3 is 9.47 Å². The predicted molar refractivity (Wildman–Crippen MR) is 116 cm³/mol. The Morgan fingerprint density at radius 2 is 1.91 bits per heavy atom. The second-order valence-electron chi connectivity index (χ2n) is 7.71. The molecule has 0 spiro atoms. The van der Waals surface area contributed by atoms with Crippen molar-refractivity contribution in [3.05, 3.63) is 87.6 Å². The van der Waals surface area contributed by atoms with Gasteiger partial charge in [-0.05, 0) is 43.2 Å². The van der Waals surface area contributed by atoms with Crippen molar-refractivity contribution in [3.8, 4) is 11.4 Å². The summed E-state index contributed by atoms with van der Waals surface area (Å²) in [6.07, 6.45) is 0.572. The molecule has 0 N–H and O–H groups in total. The number of morpholine rings is 1. The summed E-state index contributed by atoms with van der Waals surface area (Å²) in [6, 6.07) is 11.9. The lowest BCUT2D eigenvalue weighted by molar-refractivity contribution is 0.0383. The molecule has 0 unspecified atom stereocenters. The van der Waals surface area contributed by atoms with Gasteiger partial charge in [0.15, 0.2) is 5.82 Å². The topological polar surface area (TPSA) is 56.6 Å². The zero-order chi connectivity index (χ0) is 22.5. The van der Waals surface area contributed by atoms with Gasteiger partial charge in [-0.15, -0.1) is 0 Å². The lowest BCUT2D eigenvalue weighted by Gasteiger charge is -2.26. The highest BCUT2D eigenvalue weighted by Gasteiger charge is 2.15. The van der Waals surface area contributed by atoms with Crippen LogP contribution in [0.2, 0.25) is 0 Å². The maximum atomic E-state index is 14.9. The number of rotatable bonds is 7. The second kappa shape index (κ2) is 10.0. The summed E-state index contributed by atoms with van der Waals surface area (Å²) in [5.41, 5.74) is 1.14. The number of halogens is 2. The van der Waals surface area contributed by atoms with E-state index in [1.807, 2.05) is 0 Å². The van der Waals surface area contributed by atoms with Gasteiger partial charge in [0.05, 0.1) is 18.9 Å². The molecule has 2 heterocycles. The first-order valence-corrected chi connectivity index (χ1v) is 10.6. The first-order valence-electron chi connectivity index (χ1n) is 10.6. The molecule has 0 radical (unpaired) electrons. The van der Waals surface area contributed by atoms with Crippen LogP contribution in [0.1, 0.15) is 17.1 Å². The number of benzene rings is 2. The van der Waals surface area contributed by atoms with Crippen molar-refractivity contribution in [2.24, 2.45) is 0 Å². The Bertz CT molecular complexity index is 1140. The molecule has 0 atom stereocenters. The third kappa shape index (κ3) is 5.38. The molecule has 0 saturated carbocycles. The number of ether oxygens (including phenoxy) is 2. The van der Waals surface area contributed by atoms with Crippen LogP contribution in [0.4, 0.5) is 8.78 Å². The highest BCUT2D eigenvalue weighted by molar-refractivity contribution is 5.37. The molecule has 168 valence electrons. The van der Waals surface area contributed by atoms with E-state index in [2.05, 4.69) is 9.88 Å². The second-order valence-corrected chi connectivity index (χ2v) is 7.71. The van der Waals surface area contributed by atoms with Crippen molar-refractivity contribution in [2.45, 2.75) is 20.0 Å². The zero-order valence-electron chi connectivity index (χ0n) is 17.9. The molecule has 2 aromatic carbocycles. The standard InChI is InChI=1S/C24H25F2N3O3/c1-17-13-24(30)29(23(27-17)16-32-21-4-2-3-19(25)14-21)20-6-5-18(22(26)15-20)7-8-28-9-11-31-12-10-28/h2-6,13-15H,7-12,16H2,1H3. The van der Waals surface area contributed by atoms with E-state index in [1.165, 1.54) is 34.9 Å². The van der Waals surface area contributed by atoms with Gasteiger partial charge in [0, 0.05) is 37.5 Å². The van der Waals surface area contributed by atoms with Gasteiger partial charge in [-0.2, -0.15) is 0 Å². The molecule has 8 heteroatoms. The lowest BCUT2D eigenvalue weighted by atomic mass is 10.1. The van der Waals surface area contributed by atoms with E-state index < -0.39 is 5.82 Å². The average Bonchev–Trinajstić information content (AvgIpc) is 2.77. The Hall–Kier alpha value is -3.10. The van der Waals surface area contributed by atoms with E-state index in [0.717, 1.165) is 19.6 Å². The molecule has 3 aromatic rings. The Morgan fingerprint density at radius 3 is 2.66 bits per heavy atom. The number of aromatic nitrogens is 2. The minimum absolute atomic E-state index is 0.0687. The predicted octanol–water partition coefficient (Wildman–Crippen LogP) is 3.27. The lowest BCUT2D eigenvalue weighted by Crippen LogP contribution is -2.37. The third-order valence-electron chi connectivity index (χ3n) is 5.38. The summed E-state index contributed by atoms with van der Waals surface area (Å²) in [5.74, 6) is -0.177. The van der Waals surface area contributed by atoms with Gasteiger partial charge in [0.1, 0.15) is 24.0 Å². The maximum absolute atomic E-state index is 14.9. The van der Waals surface area contributed by atoms with Crippen molar-refractivity contribution in [2.75, 3.05) is 32.8 Å². The van der Waals surface area contributed by atoms with Crippen LogP contribution in [0.25, 0.3) is 5.69 Å². The van der Waals surface area contributed by atoms with E-state index in [4.69, 9.17) is 9.47 Å². The Labute approximate surface area is 185 Å². The van der Waals surface area contributed by atoms with Crippen LogP contribution < -0.4 is 10.3 Å². The summed E-state index contributed by atoms with van der Waals surface area (Å²) >= 11 is 0. The monoisotopic (exact) mass is 441 g/mol. The molecular weight excluding hydrogens is 416 g/mol. The molecule has 0 amide bonds. The van der Waals surface area contributed by atoms with Crippen LogP contribution in [-0.2, 0) is 17.8 Å². The molecular formula is C24H25F2N3O3. The van der Waals surface area contributed by atoms with Gasteiger partial charge in [0.25, 0.3) is 5.56 Å². The zero-order valence-corrected chi connectivity index (χ0v) is 17.9. The molecule has 1 aliphatic heterocycles. The quantitative estimate of drug-likeness (QED) is 0.563. The van der Waals surface area contributed by atoms with Gasteiger partial charge in [-0.3, -0.25) is 14.3 Å². The van der Waals surface area contributed by atoms with Crippen LogP contribution in [0, 0.1) is 18.6 Å². The number of aryl methyl sites for hydroxylation is 1. The molecule has 0 bridgehead atoms. The van der Waals surface area contributed by atoms with Gasteiger partial charge in [-0.1, -0.05) is 12.1 Å². The molecule has 6 nitrogen and oxygen atoms in total. The van der Waals surface area contributed by atoms with Gasteiger partial charge >= 0.3 is 0 Å². The van der Waals surface area contributed by atoms with Crippen molar-refractivity contribution in [1.82, 2.24) is 14.5 Å². The summed E-state index contributed by atoms with van der Waals surface area (Å²) in [6.45, 7) is 5.47. The smallest absolute Gasteiger partial charge is 0.258 e. The average molecular weight is 441 g/mol. The van der Waals surface area contributed by atoms with Crippen molar-refractivity contribution < 1.29 is 18.3 Å². The largest absolute Gasteiger partial charge is 0.486 e. The number of hydrogen-bond donors (Lipinski definition) is 0. The summed E-state index contributed by atoms with van der Waals surface area (Å²) < 4.78 is 40.6. The fourth-order valence-electron chi connectivity index (χ4n) is 3.72. The normalized spacial score (nSPS) is 14.5. The van der Waals surface area contributed by atoms with Crippen LogP contribution in [0.3, 0.4) is 0 Å². The molecule has 1 fully saturated rings. The highest BCUT2D eigenvalue weighted by Crippen LogP contribution is 2.18. The number of nitrogens with zero attached hydrogens (tertiary/aromatic N) is 3. The minimum atomic E-state index is -0.424. The Morgan fingerprint density at radius 1 is 1.09 bits per heavy atom. The Kier molecular flexibility index (Phi) is 6.92. The summed E-state index contributed by atoms with van der Waals surface area (Å²) in [7, 11) is 0. The first kappa shape index (κ1) is 22.1. The first-order chi connectivity index (χ1) is 15.5. The third-order valence-corrected chi connectivity index (χ3v) is 5.38. The fraction of sp³-hybridized carbons (Fsp3) is 0.333. The Balaban J connectivity index is 1.55. The highest BCUT2D eigenvalue weighted by atomic mass is 19.1. The van der Waals surface area contributed by atoms with E-state index in [-0.39, 0.29) is 18.0 Å². The molecule has 0 aliphatic carbocycles. The van der Waals surface area contributed by atoms with Crippen molar-refractivity contribution in [1.29, 1.82) is 0 Å². The number of hydrogen-bond acceptors (Lipinski definition) is 5. The molecule has 1 aromatic heterocycles. The minimum Gasteiger partial charge on any atom is -0.486 e. The van der Waals surface area contributed by atoms with E-state index in [0.29, 0.717) is 48.2 Å². The van der Waals surface area contributed by atoms with Crippen molar-refractivity contribution in [3.63, 3.8) is 0 Å². The van der Waals surface area contributed by atoms with Gasteiger partial charge in [-0.25, -0.2) is 13.8 Å². The summed E-state index contributed by atoms with van der Waals surface area (Å²) in [5, 5.41) is 0. The molecule has 32 heavy (non-hydrogen) atoms. The maximum Gasteiger partial charge on any atom is 0.258 e.